The van der Waals surface area contributed by atoms with E-state index in [0.29, 0.717) is 5.92 Å². The van der Waals surface area contributed by atoms with E-state index in [1.807, 2.05) is 6.07 Å². The molecule has 26 heavy (non-hydrogen) atoms. The molecule has 138 valence electrons. The summed E-state index contributed by atoms with van der Waals surface area (Å²) >= 11 is 0. The maximum absolute atomic E-state index is 13.1. The molecule has 2 fully saturated rings. The van der Waals surface area contributed by atoms with Crippen molar-refractivity contribution in [2.45, 2.75) is 56.6 Å². The topological polar surface area (TPSA) is 54.6 Å². The predicted octanol–water partition coefficient (Wildman–Crippen LogP) is 3.90. The lowest BCUT2D eigenvalue weighted by Gasteiger charge is -2.32. The number of fused-ring (bicyclic) bond motifs is 6. The first-order chi connectivity index (χ1) is 12.7. The van der Waals surface area contributed by atoms with Crippen LogP contribution in [-0.4, -0.2) is 42.2 Å². The summed E-state index contributed by atoms with van der Waals surface area (Å²) in [6.07, 6.45) is 6.83. The molecule has 2 aliphatic heterocycles. The monoisotopic (exact) mass is 354 g/mol. The number of nitrogens with zero attached hydrogens (tertiary/aromatic N) is 1. The fourth-order valence-electron chi connectivity index (χ4n) is 5.11. The van der Waals surface area contributed by atoms with E-state index in [9.17, 15) is 4.79 Å². The van der Waals surface area contributed by atoms with Crippen LogP contribution >= 0.6 is 0 Å². The van der Waals surface area contributed by atoms with Crippen molar-refractivity contribution in [2.75, 3.05) is 20.2 Å². The Bertz CT molecular complexity index is 837. The minimum Gasteiger partial charge on any atom is -0.497 e. The summed E-state index contributed by atoms with van der Waals surface area (Å²) in [5.41, 5.74) is 3.43. The highest BCUT2D eigenvalue weighted by molar-refractivity contribution is 5.90. The maximum Gasteiger partial charge on any atom is 0.329 e. The molecule has 0 spiro atoms. The summed E-state index contributed by atoms with van der Waals surface area (Å²) in [5, 5.41) is 1.20. The van der Waals surface area contributed by atoms with Crippen molar-refractivity contribution >= 4 is 16.9 Å². The Morgan fingerprint density at radius 3 is 2.85 bits per heavy atom. The average molecular weight is 354 g/mol. The lowest BCUT2D eigenvalue weighted by molar-refractivity contribution is -0.157. The molecule has 5 nitrogen and oxygen atoms in total. The Balaban J connectivity index is 1.52. The zero-order chi connectivity index (χ0) is 17.7. The van der Waals surface area contributed by atoms with Crippen LogP contribution in [0.2, 0.25) is 0 Å². The van der Waals surface area contributed by atoms with E-state index in [4.69, 9.17) is 9.47 Å². The van der Waals surface area contributed by atoms with Gasteiger partial charge in [-0.15, -0.1) is 0 Å². The first-order valence-electron chi connectivity index (χ1n) is 9.88. The molecule has 0 radical (unpaired) electrons. The zero-order valence-electron chi connectivity index (χ0n) is 15.3. The third-order valence-corrected chi connectivity index (χ3v) is 6.40. The summed E-state index contributed by atoms with van der Waals surface area (Å²) in [4.78, 5) is 18.9. The van der Waals surface area contributed by atoms with Gasteiger partial charge < -0.3 is 14.5 Å². The van der Waals surface area contributed by atoms with E-state index >= 15 is 0 Å². The van der Waals surface area contributed by atoms with Gasteiger partial charge in [0.25, 0.3) is 0 Å². The SMILES string of the molecule is COc1ccc2[nH]c3c(c2c1)C1CCN(C1)C3C(=O)OC1CCCCC1. The number of methoxy groups -OCH3 is 1. The summed E-state index contributed by atoms with van der Waals surface area (Å²) in [6, 6.07) is 5.84. The second-order valence-electron chi connectivity index (χ2n) is 7.94. The fraction of sp³-hybridized carbons (Fsp3) is 0.571. The van der Waals surface area contributed by atoms with E-state index in [2.05, 4.69) is 22.0 Å². The standard InChI is InChI=1S/C21H26N2O3/c1-25-15-7-8-17-16(11-15)18-13-9-10-23(12-13)20(19(18)22-17)21(24)26-14-5-3-2-4-6-14/h7-8,11,13-14,20,22H,2-6,9-10,12H2,1H3. The van der Waals surface area contributed by atoms with Gasteiger partial charge in [-0.05, 0) is 62.4 Å². The lowest BCUT2D eigenvalue weighted by Crippen LogP contribution is -2.38. The third-order valence-electron chi connectivity index (χ3n) is 6.40. The number of benzene rings is 1. The van der Waals surface area contributed by atoms with Crippen molar-refractivity contribution in [1.29, 1.82) is 0 Å². The quantitative estimate of drug-likeness (QED) is 0.850. The lowest BCUT2D eigenvalue weighted by atomic mass is 9.90. The van der Waals surface area contributed by atoms with Crippen molar-refractivity contribution in [3.05, 3.63) is 29.5 Å². The third kappa shape index (κ3) is 2.52. The summed E-state index contributed by atoms with van der Waals surface area (Å²) in [6.45, 7) is 1.91. The summed E-state index contributed by atoms with van der Waals surface area (Å²) in [5.74, 6) is 1.28. The van der Waals surface area contributed by atoms with Crippen LogP contribution in [-0.2, 0) is 9.53 Å². The molecule has 2 aromatic rings. The molecule has 3 unspecified atom stereocenters. The highest BCUT2D eigenvalue weighted by Crippen LogP contribution is 2.46. The number of esters is 1. The fourth-order valence-corrected chi connectivity index (χ4v) is 5.11. The number of aromatic nitrogens is 1. The second-order valence-corrected chi connectivity index (χ2v) is 7.94. The molecule has 1 saturated heterocycles. The van der Waals surface area contributed by atoms with Crippen LogP contribution in [0.4, 0.5) is 0 Å². The van der Waals surface area contributed by atoms with Gasteiger partial charge in [-0.2, -0.15) is 0 Å². The largest absolute Gasteiger partial charge is 0.497 e. The number of H-pyrrole nitrogens is 1. The number of hydrogen-bond acceptors (Lipinski definition) is 4. The van der Waals surface area contributed by atoms with Crippen LogP contribution in [0, 0.1) is 0 Å². The molecule has 1 aliphatic carbocycles. The first-order valence-corrected chi connectivity index (χ1v) is 9.88. The van der Waals surface area contributed by atoms with Gasteiger partial charge in [0.15, 0.2) is 0 Å². The Hall–Kier alpha value is -2.01. The zero-order valence-corrected chi connectivity index (χ0v) is 15.3. The number of carbonyl (C=O) groups excluding carboxylic acids is 1. The normalized spacial score (nSPS) is 28.1. The van der Waals surface area contributed by atoms with Gasteiger partial charge in [-0.25, -0.2) is 4.79 Å². The molecule has 2 bridgehead atoms. The van der Waals surface area contributed by atoms with E-state index < -0.39 is 0 Å². The van der Waals surface area contributed by atoms with Crippen LogP contribution in [0.1, 0.15) is 61.7 Å². The number of rotatable bonds is 3. The van der Waals surface area contributed by atoms with Crippen molar-refractivity contribution in [3.63, 3.8) is 0 Å². The summed E-state index contributed by atoms with van der Waals surface area (Å²) < 4.78 is 11.4. The smallest absolute Gasteiger partial charge is 0.329 e. The average Bonchev–Trinajstić information content (AvgIpc) is 3.24. The Labute approximate surface area is 153 Å². The number of nitrogens with one attached hydrogen (secondary N) is 1. The number of ether oxygens (including phenoxy) is 2. The van der Waals surface area contributed by atoms with Crippen molar-refractivity contribution < 1.29 is 14.3 Å². The number of aromatic amines is 1. The number of hydrogen-bond donors (Lipinski definition) is 1. The summed E-state index contributed by atoms with van der Waals surface area (Å²) in [7, 11) is 1.70. The molecular formula is C21H26N2O3. The minimum absolute atomic E-state index is 0.0722. The van der Waals surface area contributed by atoms with Gasteiger partial charge in [0, 0.05) is 29.1 Å². The van der Waals surface area contributed by atoms with E-state index in [1.165, 1.54) is 30.2 Å². The number of carbonyl (C=O) groups is 1. The van der Waals surface area contributed by atoms with Crippen LogP contribution in [0.15, 0.2) is 18.2 Å². The van der Waals surface area contributed by atoms with Crippen LogP contribution in [0.25, 0.3) is 10.9 Å². The van der Waals surface area contributed by atoms with Crippen molar-refractivity contribution in [2.24, 2.45) is 0 Å². The van der Waals surface area contributed by atoms with Crippen LogP contribution in [0.3, 0.4) is 0 Å². The van der Waals surface area contributed by atoms with Crippen LogP contribution in [0.5, 0.6) is 5.75 Å². The molecule has 5 heteroatoms. The Kier molecular flexibility index (Phi) is 3.92. The van der Waals surface area contributed by atoms with Gasteiger partial charge in [0.2, 0.25) is 0 Å². The van der Waals surface area contributed by atoms with Crippen molar-refractivity contribution in [1.82, 2.24) is 9.88 Å². The minimum atomic E-state index is -0.288. The van der Waals surface area contributed by atoms with E-state index in [1.54, 1.807) is 7.11 Å². The first kappa shape index (κ1) is 16.2. The molecule has 0 amide bonds. The van der Waals surface area contributed by atoms with Gasteiger partial charge in [0.05, 0.1) is 7.11 Å². The highest BCUT2D eigenvalue weighted by Gasteiger charge is 2.44. The maximum atomic E-state index is 13.1. The van der Waals surface area contributed by atoms with Gasteiger partial charge in [0.1, 0.15) is 17.9 Å². The molecule has 5 rings (SSSR count). The van der Waals surface area contributed by atoms with E-state index in [0.717, 1.165) is 49.3 Å². The highest BCUT2D eigenvalue weighted by atomic mass is 16.5. The predicted molar refractivity (Wildman–Crippen MR) is 99.5 cm³/mol. The molecule has 1 aromatic carbocycles. The molecule has 3 heterocycles. The molecule has 1 saturated carbocycles. The Morgan fingerprint density at radius 1 is 1.19 bits per heavy atom. The second kappa shape index (κ2) is 6.31. The van der Waals surface area contributed by atoms with Gasteiger partial charge >= 0.3 is 5.97 Å². The molecule has 3 atom stereocenters. The molecule has 3 aliphatic rings. The van der Waals surface area contributed by atoms with Crippen LogP contribution < -0.4 is 4.74 Å². The van der Waals surface area contributed by atoms with Gasteiger partial charge in [-0.1, -0.05) is 6.42 Å². The molecule has 1 aromatic heterocycles. The molecular weight excluding hydrogens is 328 g/mol. The molecule has 1 N–H and O–H groups in total. The van der Waals surface area contributed by atoms with Crippen molar-refractivity contribution in [3.8, 4) is 5.75 Å². The Morgan fingerprint density at radius 2 is 2.04 bits per heavy atom. The van der Waals surface area contributed by atoms with Gasteiger partial charge in [-0.3, -0.25) is 4.90 Å². The van der Waals surface area contributed by atoms with E-state index in [-0.39, 0.29) is 18.1 Å².